The van der Waals surface area contributed by atoms with Gasteiger partial charge in [0.05, 0.1) is 35.0 Å². The van der Waals surface area contributed by atoms with Crippen LogP contribution in [0.3, 0.4) is 0 Å². The lowest BCUT2D eigenvalue weighted by molar-refractivity contribution is 0.237. The number of nitrogens with zero attached hydrogens (tertiary/aromatic N) is 6. The summed E-state index contributed by atoms with van der Waals surface area (Å²) < 4.78 is 20.7. The molecule has 2 fully saturated rings. The molecule has 0 aliphatic carbocycles. The number of rotatable bonds is 8. The van der Waals surface area contributed by atoms with E-state index in [0.29, 0.717) is 23.6 Å². The van der Waals surface area contributed by atoms with Crippen molar-refractivity contribution < 1.29 is 9.13 Å². The molecule has 0 radical (unpaired) electrons. The molecular formula is C33H32FN9O. The molecule has 0 bridgehead atoms. The van der Waals surface area contributed by atoms with Gasteiger partial charge in [0.15, 0.2) is 0 Å². The van der Waals surface area contributed by atoms with E-state index >= 15 is 0 Å². The highest BCUT2D eigenvalue weighted by Gasteiger charge is 2.25. The molecule has 8 rings (SSSR count). The van der Waals surface area contributed by atoms with Crippen molar-refractivity contribution in [2.45, 2.75) is 18.9 Å². The molecule has 0 unspecified atom stereocenters. The molecule has 4 aromatic heterocycles. The van der Waals surface area contributed by atoms with Crippen LogP contribution in [0.15, 0.2) is 67.1 Å². The Bertz CT molecular complexity index is 1970. The highest BCUT2D eigenvalue weighted by atomic mass is 19.1. The minimum Gasteiger partial charge on any atom is -0.492 e. The number of fused-ring (bicyclic) bond motifs is 2. The van der Waals surface area contributed by atoms with Crippen LogP contribution in [0.4, 0.5) is 10.2 Å². The normalized spacial score (nSPS) is 15.8. The number of benzene rings is 2. The quantitative estimate of drug-likeness (QED) is 0.227. The van der Waals surface area contributed by atoms with Gasteiger partial charge in [-0.25, -0.2) is 9.37 Å². The standard InChI is InChI=1S/C33H32FN9O/c34-22-11-21(12-24(14-22)44-10-9-42-7-1-2-8-42)32-26-15-29(38-27(26)5-6-37-32)33-25-13-20(3-4-28(25)40-41-33)30-16-36-17-31(39-30)43-18-23(35)19-43/h3-6,11-17,23,38H,1-2,7-10,18-19,35H2,(H,40,41). The lowest BCUT2D eigenvalue weighted by atomic mass is 10.1. The number of nitrogens with one attached hydrogen (secondary N) is 2. The number of hydrogen-bond donors (Lipinski definition) is 3. The van der Waals surface area contributed by atoms with E-state index in [1.807, 2.05) is 30.3 Å². The fourth-order valence-corrected chi connectivity index (χ4v) is 6.22. The Kier molecular flexibility index (Phi) is 6.68. The van der Waals surface area contributed by atoms with Gasteiger partial charge >= 0.3 is 0 Å². The fourth-order valence-electron chi connectivity index (χ4n) is 6.22. The van der Waals surface area contributed by atoms with Crippen molar-refractivity contribution in [3.05, 3.63) is 72.9 Å². The number of halogens is 1. The lowest BCUT2D eigenvalue weighted by Gasteiger charge is -2.37. The molecule has 4 N–H and O–H groups in total. The van der Waals surface area contributed by atoms with Crippen molar-refractivity contribution in [1.82, 2.24) is 35.0 Å². The van der Waals surface area contributed by atoms with Crippen molar-refractivity contribution in [2.24, 2.45) is 5.73 Å². The molecule has 2 aliphatic heterocycles. The van der Waals surface area contributed by atoms with E-state index in [-0.39, 0.29) is 11.9 Å². The number of nitrogens with two attached hydrogens (primary N) is 1. The molecule has 0 saturated carbocycles. The van der Waals surface area contributed by atoms with Gasteiger partial charge in [0, 0.05) is 65.4 Å². The summed E-state index contributed by atoms with van der Waals surface area (Å²) in [7, 11) is 0. The smallest absolute Gasteiger partial charge is 0.147 e. The molecule has 6 aromatic rings. The SMILES string of the molecule is NC1CN(c2cncc(-c3ccc4[nH]nc(-c5cc6c(-c7cc(F)cc(OCCN8CCCC8)c7)nccc6[nH]5)c4c3)n2)C1. The number of aromatic nitrogens is 6. The molecule has 0 spiro atoms. The van der Waals surface area contributed by atoms with Crippen LogP contribution in [0.25, 0.3) is 55.7 Å². The maximum atomic E-state index is 14.8. The van der Waals surface area contributed by atoms with Crippen LogP contribution in [0.2, 0.25) is 0 Å². The van der Waals surface area contributed by atoms with Gasteiger partial charge in [-0.05, 0) is 62.3 Å². The molecule has 44 heavy (non-hydrogen) atoms. The van der Waals surface area contributed by atoms with Gasteiger partial charge in [-0.1, -0.05) is 6.07 Å². The third-order valence-corrected chi connectivity index (χ3v) is 8.54. The zero-order valence-electron chi connectivity index (χ0n) is 24.1. The molecule has 6 heterocycles. The van der Waals surface area contributed by atoms with Crippen LogP contribution >= 0.6 is 0 Å². The molecular weight excluding hydrogens is 557 g/mol. The van der Waals surface area contributed by atoms with Crippen LogP contribution in [-0.2, 0) is 0 Å². The van der Waals surface area contributed by atoms with Crippen molar-refractivity contribution in [1.29, 1.82) is 0 Å². The van der Waals surface area contributed by atoms with Crippen molar-refractivity contribution in [3.8, 4) is 39.7 Å². The topological polar surface area (TPSA) is 125 Å². The molecule has 222 valence electrons. The molecule has 2 aliphatic rings. The summed E-state index contributed by atoms with van der Waals surface area (Å²) in [5.74, 6) is 0.969. The minimum atomic E-state index is -0.358. The van der Waals surface area contributed by atoms with E-state index in [2.05, 4.69) is 41.0 Å². The van der Waals surface area contributed by atoms with E-state index < -0.39 is 0 Å². The molecule has 2 saturated heterocycles. The fraction of sp³-hybridized carbons (Fsp3) is 0.273. The molecule has 0 amide bonds. The number of ether oxygens (including phenoxy) is 1. The summed E-state index contributed by atoms with van der Waals surface area (Å²) in [5, 5.41) is 9.62. The van der Waals surface area contributed by atoms with E-state index in [9.17, 15) is 4.39 Å². The Labute approximate surface area is 253 Å². The van der Waals surface area contributed by atoms with Crippen LogP contribution in [0.5, 0.6) is 5.75 Å². The Morgan fingerprint density at radius 3 is 2.66 bits per heavy atom. The van der Waals surface area contributed by atoms with E-state index in [4.69, 9.17) is 15.5 Å². The second-order valence-corrected chi connectivity index (χ2v) is 11.6. The monoisotopic (exact) mass is 589 g/mol. The highest BCUT2D eigenvalue weighted by Crippen LogP contribution is 2.35. The summed E-state index contributed by atoms with van der Waals surface area (Å²) in [4.78, 5) is 21.9. The van der Waals surface area contributed by atoms with Crippen LogP contribution < -0.4 is 15.4 Å². The van der Waals surface area contributed by atoms with Crippen molar-refractivity contribution in [3.63, 3.8) is 0 Å². The number of aromatic amines is 2. The third kappa shape index (κ3) is 5.03. The van der Waals surface area contributed by atoms with Crippen LogP contribution in [0.1, 0.15) is 12.8 Å². The number of hydrogen-bond acceptors (Lipinski definition) is 8. The van der Waals surface area contributed by atoms with Gasteiger partial charge in [0.1, 0.15) is 29.7 Å². The first kappa shape index (κ1) is 26.7. The zero-order valence-corrected chi connectivity index (χ0v) is 24.1. The molecule has 2 aromatic carbocycles. The van der Waals surface area contributed by atoms with E-state index in [0.717, 1.165) is 83.0 Å². The summed E-state index contributed by atoms with van der Waals surface area (Å²) in [6.07, 6.45) is 7.73. The van der Waals surface area contributed by atoms with Gasteiger partial charge in [-0.15, -0.1) is 0 Å². The molecule has 0 atom stereocenters. The number of H-pyrrole nitrogens is 2. The maximum Gasteiger partial charge on any atom is 0.147 e. The summed E-state index contributed by atoms with van der Waals surface area (Å²) in [6.45, 7) is 5.12. The first-order valence-electron chi connectivity index (χ1n) is 15.0. The van der Waals surface area contributed by atoms with Crippen molar-refractivity contribution >= 4 is 27.6 Å². The Balaban J connectivity index is 1.11. The second-order valence-electron chi connectivity index (χ2n) is 11.6. The highest BCUT2D eigenvalue weighted by molar-refractivity contribution is 6.00. The van der Waals surface area contributed by atoms with Crippen molar-refractivity contribution in [2.75, 3.05) is 44.2 Å². The van der Waals surface area contributed by atoms with Crippen LogP contribution in [0, 0.1) is 5.82 Å². The Morgan fingerprint density at radius 1 is 0.932 bits per heavy atom. The van der Waals surface area contributed by atoms with Gasteiger partial charge < -0.3 is 20.4 Å². The minimum absolute atomic E-state index is 0.179. The Hall–Kier alpha value is -4.87. The van der Waals surface area contributed by atoms with Gasteiger partial charge in [0.25, 0.3) is 0 Å². The van der Waals surface area contributed by atoms with Gasteiger partial charge in [-0.3, -0.25) is 20.0 Å². The van der Waals surface area contributed by atoms with E-state index in [1.54, 1.807) is 18.6 Å². The zero-order chi connectivity index (χ0) is 29.6. The molecule has 10 nitrogen and oxygen atoms in total. The van der Waals surface area contributed by atoms with E-state index in [1.165, 1.54) is 25.0 Å². The number of pyridine rings is 1. The number of anilines is 1. The number of likely N-dealkylation sites (tertiary alicyclic amines) is 1. The third-order valence-electron chi connectivity index (χ3n) is 8.54. The maximum absolute atomic E-state index is 14.8. The first-order chi connectivity index (χ1) is 21.6. The predicted octanol–water partition coefficient (Wildman–Crippen LogP) is 4.99. The average molecular weight is 590 g/mol. The first-order valence-corrected chi connectivity index (χ1v) is 15.0. The lowest BCUT2D eigenvalue weighted by Crippen LogP contribution is -2.56. The van der Waals surface area contributed by atoms with Crippen LogP contribution in [-0.4, -0.2) is 80.4 Å². The summed E-state index contributed by atoms with van der Waals surface area (Å²) in [6, 6.07) is 15.0. The molecule has 11 heteroatoms. The second kappa shape index (κ2) is 11.0. The predicted molar refractivity (Wildman–Crippen MR) is 169 cm³/mol. The summed E-state index contributed by atoms with van der Waals surface area (Å²) in [5.41, 5.74) is 12.4. The van der Waals surface area contributed by atoms with Gasteiger partial charge in [0.2, 0.25) is 0 Å². The summed E-state index contributed by atoms with van der Waals surface area (Å²) >= 11 is 0. The Morgan fingerprint density at radius 2 is 1.80 bits per heavy atom. The average Bonchev–Trinajstić information content (AvgIpc) is 3.78. The van der Waals surface area contributed by atoms with Gasteiger partial charge in [-0.2, -0.15) is 5.10 Å². The largest absolute Gasteiger partial charge is 0.492 e.